The van der Waals surface area contributed by atoms with Crippen molar-refractivity contribution in [2.75, 3.05) is 24.8 Å². The van der Waals surface area contributed by atoms with Crippen molar-refractivity contribution in [3.05, 3.63) is 36.7 Å². The molecule has 7 nitrogen and oxygen atoms in total. The number of nitrogens with two attached hydrogens (primary N) is 1. The Bertz CT molecular complexity index is 754. The van der Waals surface area contributed by atoms with Gasteiger partial charge in [-0.15, -0.1) is 0 Å². The summed E-state index contributed by atoms with van der Waals surface area (Å²) in [5.74, 6) is 0.887. The zero-order chi connectivity index (χ0) is 14.7. The summed E-state index contributed by atoms with van der Waals surface area (Å²) in [6.45, 7) is 1.30. The van der Waals surface area contributed by atoms with E-state index in [-0.39, 0.29) is 0 Å². The van der Waals surface area contributed by atoms with Gasteiger partial charge in [-0.1, -0.05) is 12.1 Å². The quantitative estimate of drug-likeness (QED) is 0.742. The monoisotopic (exact) mass is 284 g/mol. The van der Waals surface area contributed by atoms with Crippen molar-refractivity contribution in [3.63, 3.8) is 0 Å². The number of rotatable bonds is 5. The minimum absolute atomic E-state index is 0.360. The van der Waals surface area contributed by atoms with Crippen LogP contribution in [0.5, 0.6) is 0 Å². The first-order valence-corrected chi connectivity index (χ1v) is 6.57. The molecule has 3 N–H and O–H groups in total. The maximum absolute atomic E-state index is 5.94. The standard InChI is InChI=1S/C14H16N6O/c1-21-7-6-20-9-10(8-16-20)17-14-13(15)18-11-4-2-3-5-12(11)19-14/h2-5,8-9H,6-7H2,1H3,(H2,15,18)(H,17,19). The number of para-hydroxylation sites is 2. The molecule has 7 heteroatoms. The summed E-state index contributed by atoms with van der Waals surface area (Å²) < 4.78 is 6.81. The summed E-state index contributed by atoms with van der Waals surface area (Å²) >= 11 is 0. The fourth-order valence-corrected chi connectivity index (χ4v) is 1.98. The van der Waals surface area contributed by atoms with E-state index < -0.39 is 0 Å². The molecule has 21 heavy (non-hydrogen) atoms. The molecule has 3 aromatic rings. The molecule has 0 spiro atoms. The van der Waals surface area contributed by atoms with Gasteiger partial charge in [0.05, 0.1) is 36.1 Å². The maximum atomic E-state index is 5.94. The highest BCUT2D eigenvalue weighted by molar-refractivity contribution is 5.80. The van der Waals surface area contributed by atoms with Crippen LogP contribution in [0.4, 0.5) is 17.3 Å². The first-order chi connectivity index (χ1) is 10.3. The summed E-state index contributed by atoms with van der Waals surface area (Å²) in [5, 5.41) is 7.37. The molecule has 1 aromatic carbocycles. The van der Waals surface area contributed by atoms with Gasteiger partial charge >= 0.3 is 0 Å². The molecule has 108 valence electrons. The second-order valence-corrected chi connectivity index (χ2v) is 4.56. The van der Waals surface area contributed by atoms with Crippen molar-refractivity contribution in [2.24, 2.45) is 0 Å². The van der Waals surface area contributed by atoms with Crippen LogP contribution in [0.3, 0.4) is 0 Å². The van der Waals surface area contributed by atoms with Gasteiger partial charge in [0.1, 0.15) is 0 Å². The first kappa shape index (κ1) is 13.3. The minimum atomic E-state index is 0.360. The maximum Gasteiger partial charge on any atom is 0.174 e. The van der Waals surface area contributed by atoms with E-state index in [4.69, 9.17) is 10.5 Å². The average Bonchev–Trinajstić information content (AvgIpc) is 2.93. The summed E-state index contributed by atoms with van der Waals surface area (Å²) in [5.41, 5.74) is 8.31. The number of benzene rings is 1. The van der Waals surface area contributed by atoms with E-state index in [2.05, 4.69) is 20.4 Å². The number of nitrogens with one attached hydrogen (secondary N) is 1. The Morgan fingerprint density at radius 3 is 2.76 bits per heavy atom. The largest absolute Gasteiger partial charge is 0.383 e. The van der Waals surface area contributed by atoms with Gasteiger partial charge in [-0.2, -0.15) is 5.10 Å². The summed E-state index contributed by atoms with van der Waals surface area (Å²) in [6, 6.07) is 7.60. The van der Waals surface area contributed by atoms with Crippen LogP contribution in [-0.2, 0) is 11.3 Å². The van der Waals surface area contributed by atoms with Gasteiger partial charge in [-0.25, -0.2) is 9.97 Å². The van der Waals surface area contributed by atoms with Crippen LogP contribution in [0.15, 0.2) is 36.7 Å². The molecule has 0 atom stereocenters. The smallest absolute Gasteiger partial charge is 0.174 e. The zero-order valence-electron chi connectivity index (χ0n) is 11.7. The Morgan fingerprint density at radius 2 is 2.00 bits per heavy atom. The lowest BCUT2D eigenvalue weighted by molar-refractivity contribution is 0.183. The van der Waals surface area contributed by atoms with Gasteiger partial charge in [0.25, 0.3) is 0 Å². The van der Waals surface area contributed by atoms with Crippen molar-refractivity contribution in [1.82, 2.24) is 19.7 Å². The molecule has 0 bridgehead atoms. The lowest BCUT2D eigenvalue weighted by Gasteiger charge is -2.07. The van der Waals surface area contributed by atoms with Crippen LogP contribution in [0, 0.1) is 0 Å². The van der Waals surface area contributed by atoms with E-state index in [0.717, 1.165) is 16.7 Å². The highest BCUT2D eigenvalue weighted by atomic mass is 16.5. The number of nitrogens with zero attached hydrogens (tertiary/aromatic N) is 4. The Hall–Kier alpha value is -2.67. The van der Waals surface area contributed by atoms with Crippen molar-refractivity contribution < 1.29 is 4.74 Å². The lowest BCUT2D eigenvalue weighted by atomic mass is 10.3. The molecule has 0 saturated heterocycles. The minimum Gasteiger partial charge on any atom is -0.383 e. The molecule has 0 aliphatic heterocycles. The summed E-state index contributed by atoms with van der Waals surface area (Å²) in [7, 11) is 1.66. The molecule has 2 heterocycles. The molecule has 0 saturated carbocycles. The predicted octanol–water partition coefficient (Wildman–Crippen LogP) is 1.80. The van der Waals surface area contributed by atoms with Gasteiger partial charge < -0.3 is 15.8 Å². The summed E-state index contributed by atoms with van der Waals surface area (Å²) in [6.07, 6.45) is 3.58. The van der Waals surface area contributed by atoms with E-state index in [1.807, 2.05) is 30.5 Å². The Morgan fingerprint density at radius 1 is 1.24 bits per heavy atom. The molecule has 0 aliphatic rings. The number of anilines is 3. The van der Waals surface area contributed by atoms with E-state index >= 15 is 0 Å². The molecule has 0 fully saturated rings. The van der Waals surface area contributed by atoms with Crippen molar-refractivity contribution in [3.8, 4) is 0 Å². The normalized spacial score (nSPS) is 10.9. The van der Waals surface area contributed by atoms with Crippen molar-refractivity contribution in [1.29, 1.82) is 0 Å². The van der Waals surface area contributed by atoms with Crippen LogP contribution < -0.4 is 11.1 Å². The van der Waals surface area contributed by atoms with E-state index in [1.165, 1.54) is 0 Å². The highest BCUT2D eigenvalue weighted by Gasteiger charge is 2.07. The van der Waals surface area contributed by atoms with Crippen LogP contribution in [-0.4, -0.2) is 33.5 Å². The third-order valence-electron chi connectivity index (χ3n) is 3.02. The van der Waals surface area contributed by atoms with E-state index in [0.29, 0.717) is 24.8 Å². The fourth-order valence-electron chi connectivity index (χ4n) is 1.98. The predicted molar refractivity (Wildman–Crippen MR) is 81.3 cm³/mol. The third-order valence-corrected chi connectivity index (χ3v) is 3.02. The average molecular weight is 284 g/mol. The number of hydrogen-bond acceptors (Lipinski definition) is 6. The van der Waals surface area contributed by atoms with Crippen LogP contribution in [0.2, 0.25) is 0 Å². The van der Waals surface area contributed by atoms with Crippen LogP contribution in [0.1, 0.15) is 0 Å². The Labute approximate surface area is 121 Å². The number of hydrogen-bond donors (Lipinski definition) is 2. The molecular formula is C14H16N6O. The van der Waals surface area contributed by atoms with Gasteiger partial charge in [0, 0.05) is 13.3 Å². The molecule has 0 aliphatic carbocycles. The van der Waals surface area contributed by atoms with Gasteiger partial charge in [-0.3, -0.25) is 4.68 Å². The summed E-state index contributed by atoms with van der Waals surface area (Å²) in [4.78, 5) is 8.81. The number of nitrogen functional groups attached to an aromatic ring is 1. The van der Waals surface area contributed by atoms with Gasteiger partial charge in [-0.05, 0) is 12.1 Å². The number of fused-ring (bicyclic) bond motifs is 1. The third kappa shape index (κ3) is 2.92. The second-order valence-electron chi connectivity index (χ2n) is 4.56. The van der Waals surface area contributed by atoms with Crippen molar-refractivity contribution in [2.45, 2.75) is 6.54 Å². The van der Waals surface area contributed by atoms with Crippen LogP contribution in [0.25, 0.3) is 11.0 Å². The fraction of sp³-hybridized carbons (Fsp3) is 0.214. The van der Waals surface area contributed by atoms with Gasteiger partial charge in [0.2, 0.25) is 0 Å². The topological polar surface area (TPSA) is 90.9 Å². The number of methoxy groups -OCH3 is 1. The highest BCUT2D eigenvalue weighted by Crippen LogP contribution is 2.22. The SMILES string of the molecule is COCCn1cc(Nc2nc3ccccc3nc2N)cn1. The molecule has 0 unspecified atom stereocenters. The Balaban J connectivity index is 1.83. The van der Waals surface area contributed by atoms with Gasteiger partial charge in [0.15, 0.2) is 11.6 Å². The molecule has 3 rings (SSSR count). The van der Waals surface area contributed by atoms with Crippen molar-refractivity contribution >= 4 is 28.4 Å². The van der Waals surface area contributed by atoms with E-state index in [1.54, 1.807) is 18.0 Å². The van der Waals surface area contributed by atoms with E-state index in [9.17, 15) is 0 Å². The number of ether oxygens (including phenoxy) is 1. The molecule has 2 aromatic heterocycles. The zero-order valence-corrected chi connectivity index (χ0v) is 11.7. The first-order valence-electron chi connectivity index (χ1n) is 6.57. The lowest BCUT2D eigenvalue weighted by Crippen LogP contribution is -2.04. The molecule has 0 amide bonds. The number of aromatic nitrogens is 4. The second kappa shape index (κ2) is 5.76. The molecular weight excluding hydrogens is 268 g/mol. The Kier molecular flexibility index (Phi) is 3.65. The van der Waals surface area contributed by atoms with Crippen LogP contribution >= 0.6 is 0 Å². The molecule has 0 radical (unpaired) electrons.